The van der Waals surface area contributed by atoms with Gasteiger partial charge in [0.1, 0.15) is 0 Å². The summed E-state index contributed by atoms with van der Waals surface area (Å²) in [6.45, 7) is 6.88. The van der Waals surface area contributed by atoms with Crippen LogP contribution in [0, 0.1) is 5.92 Å². The molecule has 0 radical (unpaired) electrons. The third kappa shape index (κ3) is 4.53. The first-order valence-electron chi connectivity index (χ1n) is 8.46. The van der Waals surface area contributed by atoms with Gasteiger partial charge >= 0.3 is 0 Å². The van der Waals surface area contributed by atoms with Crippen molar-refractivity contribution in [2.24, 2.45) is 5.92 Å². The van der Waals surface area contributed by atoms with Crippen molar-refractivity contribution < 1.29 is 0 Å². The Bertz CT molecular complexity index is 377. The first-order valence-corrected chi connectivity index (χ1v) is 8.46. The lowest BCUT2D eigenvalue weighted by Crippen LogP contribution is -2.21. The second-order valence-electron chi connectivity index (χ2n) is 6.82. The summed E-state index contributed by atoms with van der Waals surface area (Å²) in [5.74, 6) is 1.89. The van der Waals surface area contributed by atoms with Crippen LogP contribution >= 0.6 is 0 Å². The molecule has 0 spiro atoms. The van der Waals surface area contributed by atoms with Crippen molar-refractivity contribution in [2.45, 2.75) is 84.2 Å². The van der Waals surface area contributed by atoms with E-state index in [9.17, 15) is 0 Å². The lowest BCUT2D eigenvalue weighted by molar-refractivity contribution is 0.355. The van der Waals surface area contributed by atoms with Gasteiger partial charge in [0.2, 0.25) is 5.95 Å². The summed E-state index contributed by atoms with van der Waals surface area (Å²) < 4.78 is 2.37. The lowest BCUT2D eigenvalue weighted by atomic mass is 9.95. The van der Waals surface area contributed by atoms with Crippen LogP contribution < -0.4 is 5.32 Å². The zero-order valence-corrected chi connectivity index (χ0v) is 13.4. The van der Waals surface area contributed by atoms with Crippen molar-refractivity contribution in [2.75, 3.05) is 5.32 Å². The van der Waals surface area contributed by atoms with Gasteiger partial charge in [0, 0.05) is 24.5 Å². The van der Waals surface area contributed by atoms with Crippen LogP contribution in [0.5, 0.6) is 0 Å². The predicted molar refractivity (Wildman–Crippen MR) is 86.1 cm³/mol. The Balaban J connectivity index is 1.84. The Hall–Kier alpha value is -0.990. The van der Waals surface area contributed by atoms with Crippen molar-refractivity contribution in [3.63, 3.8) is 0 Å². The average molecular weight is 277 g/mol. The molecule has 0 amide bonds. The van der Waals surface area contributed by atoms with Crippen LogP contribution in [0.4, 0.5) is 5.95 Å². The van der Waals surface area contributed by atoms with Gasteiger partial charge in [0.05, 0.1) is 0 Å². The van der Waals surface area contributed by atoms with Crippen LogP contribution in [0.25, 0.3) is 0 Å². The summed E-state index contributed by atoms with van der Waals surface area (Å²) in [6.07, 6.45) is 14.7. The van der Waals surface area contributed by atoms with Crippen LogP contribution in [-0.2, 0) is 0 Å². The number of anilines is 1. The van der Waals surface area contributed by atoms with Gasteiger partial charge < -0.3 is 9.88 Å². The second kappa shape index (κ2) is 7.70. The van der Waals surface area contributed by atoms with E-state index < -0.39 is 0 Å². The molecule has 1 unspecified atom stereocenters. The van der Waals surface area contributed by atoms with Gasteiger partial charge in [0.15, 0.2) is 0 Å². The fourth-order valence-electron chi connectivity index (χ4n) is 3.20. The summed E-state index contributed by atoms with van der Waals surface area (Å²) in [6, 6.07) is 1.18. The minimum atomic E-state index is 0.512. The Kier molecular flexibility index (Phi) is 5.93. The third-order valence-electron chi connectivity index (χ3n) is 4.43. The third-order valence-corrected chi connectivity index (χ3v) is 4.43. The molecule has 1 aromatic heterocycles. The van der Waals surface area contributed by atoms with E-state index in [2.05, 4.69) is 41.8 Å². The predicted octanol–water partition coefficient (Wildman–Crippen LogP) is 5.02. The number of nitrogens with zero attached hydrogens (tertiary/aromatic N) is 2. The van der Waals surface area contributed by atoms with Crippen molar-refractivity contribution >= 4 is 5.95 Å². The van der Waals surface area contributed by atoms with Crippen molar-refractivity contribution in [1.29, 1.82) is 0 Å². The first kappa shape index (κ1) is 15.4. The van der Waals surface area contributed by atoms with E-state index in [1.165, 1.54) is 51.4 Å². The van der Waals surface area contributed by atoms with Crippen molar-refractivity contribution in [3.8, 4) is 0 Å². The maximum Gasteiger partial charge on any atom is 0.203 e. The number of imidazole rings is 1. The molecule has 2 rings (SSSR count). The van der Waals surface area contributed by atoms with Gasteiger partial charge in [-0.2, -0.15) is 0 Å². The highest BCUT2D eigenvalue weighted by atomic mass is 15.2. The van der Waals surface area contributed by atoms with Gasteiger partial charge in [-0.1, -0.05) is 46.0 Å². The summed E-state index contributed by atoms with van der Waals surface area (Å²) in [5, 5.41) is 3.61. The molecule has 1 aromatic rings. The number of nitrogens with one attached hydrogen (secondary N) is 1. The number of hydrogen-bond donors (Lipinski definition) is 1. The van der Waals surface area contributed by atoms with Crippen LogP contribution in [0.2, 0.25) is 0 Å². The molecule has 1 saturated carbocycles. The molecule has 1 aliphatic carbocycles. The van der Waals surface area contributed by atoms with Crippen LogP contribution in [-0.4, -0.2) is 15.6 Å². The molecular weight excluding hydrogens is 246 g/mol. The summed E-state index contributed by atoms with van der Waals surface area (Å²) in [7, 11) is 0. The lowest BCUT2D eigenvalue weighted by Gasteiger charge is -2.26. The summed E-state index contributed by atoms with van der Waals surface area (Å²) in [5.41, 5.74) is 0. The molecule has 3 nitrogen and oxygen atoms in total. The maximum atomic E-state index is 4.53. The number of hydrogen-bond acceptors (Lipinski definition) is 2. The normalized spacial score (nSPS) is 18.4. The minimum Gasteiger partial charge on any atom is -0.353 e. The quantitative estimate of drug-likeness (QED) is 0.758. The molecule has 20 heavy (non-hydrogen) atoms. The molecule has 1 fully saturated rings. The molecule has 114 valence electrons. The Labute approximate surface area is 124 Å². The van der Waals surface area contributed by atoms with Crippen molar-refractivity contribution in [1.82, 2.24) is 9.55 Å². The molecule has 1 atom stereocenters. The van der Waals surface area contributed by atoms with E-state index in [0.29, 0.717) is 12.1 Å². The van der Waals surface area contributed by atoms with Crippen LogP contribution in [0.3, 0.4) is 0 Å². The highest BCUT2D eigenvalue weighted by molar-refractivity contribution is 5.28. The zero-order valence-electron chi connectivity index (χ0n) is 13.4. The fraction of sp³-hybridized carbons (Fsp3) is 0.824. The number of aromatic nitrogens is 2. The van der Waals surface area contributed by atoms with E-state index in [0.717, 1.165) is 11.9 Å². The van der Waals surface area contributed by atoms with E-state index in [-0.39, 0.29) is 0 Å². The van der Waals surface area contributed by atoms with Gasteiger partial charge in [0.25, 0.3) is 0 Å². The Morgan fingerprint density at radius 1 is 1.20 bits per heavy atom. The van der Waals surface area contributed by atoms with Crippen molar-refractivity contribution in [3.05, 3.63) is 12.4 Å². The Morgan fingerprint density at radius 2 is 1.95 bits per heavy atom. The second-order valence-corrected chi connectivity index (χ2v) is 6.82. The largest absolute Gasteiger partial charge is 0.353 e. The van der Waals surface area contributed by atoms with Gasteiger partial charge in [-0.3, -0.25) is 0 Å². The molecule has 0 aliphatic heterocycles. The molecule has 0 bridgehead atoms. The SMILES string of the molecule is CC(C)CCCC(C)Nc1nccn1C1CCCCC1. The standard InChI is InChI=1S/C17H31N3/c1-14(2)8-7-9-15(3)19-17-18-12-13-20(17)16-10-5-4-6-11-16/h12-16H,4-11H2,1-3H3,(H,18,19). The average Bonchev–Trinajstić information content (AvgIpc) is 2.87. The highest BCUT2D eigenvalue weighted by Gasteiger charge is 2.18. The van der Waals surface area contributed by atoms with E-state index in [1.807, 2.05) is 6.20 Å². The molecule has 0 saturated heterocycles. The molecule has 0 aromatic carbocycles. The van der Waals surface area contributed by atoms with Gasteiger partial charge in [-0.05, 0) is 32.1 Å². The monoisotopic (exact) mass is 277 g/mol. The Morgan fingerprint density at radius 3 is 2.65 bits per heavy atom. The van der Waals surface area contributed by atoms with Gasteiger partial charge in [-0.25, -0.2) is 4.98 Å². The summed E-state index contributed by atoms with van der Waals surface area (Å²) in [4.78, 5) is 4.53. The molecule has 3 heteroatoms. The molecule has 1 aliphatic rings. The minimum absolute atomic E-state index is 0.512. The number of rotatable bonds is 7. The van der Waals surface area contributed by atoms with Crippen LogP contribution in [0.15, 0.2) is 12.4 Å². The van der Waals surface area contributed by atoms with E-state index in [1.54, 1.807) is 0 Å². The van der Waals surface area contributed by atoms with E-state index in [4.69, 9.17) is 0 Å². The van der Waals surface area contributed by atoms with Crippen LogP contribution in [0.1, 0.15) is 78.2 Å². The maximum absolute atomic E-state index is 4.53. The highest BCUT2D eigenvalue weighted by Crippen LogP contribution is 2.30. The summed E-state index contributed by atoms with van der Waals surface area (Å²) >= 11 is 0. The smallest absolute Gasteiger partial charge is 0.203 e. The molecule has 1 N–H and O–H groups in total. The van der Waals surface area contributed by atoms with E-state index >= 15 is 0 Å². The topological polar surface area (TPSA) is 29.9 Å². The van der Waals surface area contributed by atoms with Gasteiger partial charge in [-0.15, -0.1) is 0 Å². The zero-order chi connectivity index (χ0) is 14.4. The fourth-order valence-corrected chi connectivity index (χ4v) is 3.20. The molecular formula is C17H31N3. The first-order chi connectivity index (χ1) is 9.66. The molecule has 1 heterocycles.